The van der Waals surface area contributed by atoms with E-state index in [-0.39, 0.29) is 16.2 Å². The zero-order valence-corrected chi connectivity index (χ0v) is 15.0. The second-order valence-corrected chi connectivity index (χ2v) is 9.04. The molecular formula is C17H11BrN2O4S. The highest BCUT2D eigenvalue weighted by molar-refractivity contribution is 9.10. The molecule has 126 valence electrons. The van der Waals surface area contributed by atoms with Crippen LogP contribution in [0.4, 0.5) is 0 Å². The molecule has 0 amide bonds. The second-order valence-electron chi connectivity index (χ2n) is 5.52. The number of halogens is 1. The number of carboxylic acids is 1. The van der Waals surface area contributed by atoms with E-state index >= 15 is 0 Å². The predicted molar refractivity (Wildman–Crippen MR) is 94.8 cm³/mol. The molecule has 1 N–H and O–H groups in total. The number of carboxylic acid groups (broad SMARTS) is 1. The summed E-state index contributed by atoms with van der Waals surface area (Å²) in [6.45, 7) is 0. The van der Waals surface area contributed by atoms with Crippen LogP contribution in [0.5, 0.6) is 0 Å². The highest BCUT2D eigenvalue weighted by Crippen LogP contribution is 2.49. The van der Waals surface area contributed by atoms with E-state index in [9.17, 15) is 18.3 Å². The van der Waals surface area contributed by atoms with Gasteiger partial charge >= 0.3 is 5.97 Å². The molecule has 1 aliphatic rings. The molecule has 1 aliphatic heterocycles. The van der Waals surface area contributed by atoms with Gasteiger partial charge in [0, 0.05) is 11.1 Å². The number of sulfone groups is 1. The maximum atomic E-state index is 12.8. The van der Waals surface area contributed by atoms with Gasteiger partial charge in [0.25, 0.3) is 0 Å². The number of rotatable bonds is 2. The normalized spacial score (nSPS) is 17.6. The van der Waals surface area contributed by atoms with Crippen LogP contribution in [0.3, 0.4) is 0 Å². The topological polar surface area (TPSA) is 89.3 Å². The van der Waals surface area contributed by atoms with Crippen LogP contribution in [-0.2, 0) is 9.84 Å². The molecular weight excluding hydrogens is 408 g/mol. The number of hydrogen-bond donors (Lipinski definition) is 1. The van der Waals surface area contributed by atoms with E-state index < -0.39 is 20.0 Å². The van der Waals surface area contributed by atoms with Crippen LogP contribution in [0.15, 0.2) is 59.5 Å². The molecule has 0 spiro atoms. The highest BCUT2D eigenvalue weighted by Gasteiger charge is 2.42. The van der Waals surface area contributed by atoms with Crippen LogP contribution in [-0.4, -0.2) is 29.3 Å². The Hall–Kier alpha value is -2.45. The predicted octanol–water partition coefficient (Wildman–Crippen LogP) is 3.42. The number of aromatic carboxylic acids is 1. The van der Waals surface area contributed by atoms with Crippen molar-refractivity contribution in [2.24, 2.45) is 0 Å². The van der Waals surface area contributed by atoms with Crippen LogP contribution in [0, 0.1) is 0 Å². The first-order chi connectivity index (χ1) is 11.9. The molecule has 2 heterocycles. The summed E-state index contributed by atoms with van der Waals surface area (Å²) in [5.41, 5.74) is 1.43. The van der Waals surface area contributed by atoms with Gasteiger partial charge in [-0.2, -0.15) is 5.10 Å². The lowest BCUT2D eigenvalue weighted by molar-refractivity contribution is 0.0689. The molecule has 8 heteroatoms. The standard InChI is InChI=1S/C17H11BrN2O4S/c18-16-13-14(17(21)22)19-20(10-6-2-1-3-7-10)15(13)11-8-4-5-9-12(11)25(16,23)24/h1-9,16H,(H,21,22). The lowest BCUT2D eigenvalue weighted by Gasteiger charge is -2.22. The number of nitrogens with zero attached hydrogens (tertiary/aromatic N) is 2. The van der Waals surface area contributed by atoms with Crippen LogP contribution >= 0.6 is 15.9 Å². The van der Waals surface area contributed by atoms with Gasteiger partial charge in [0.05, 0.1) is 16.3 Å². The van der Waals surface area contributed by atoms with Crippen molar-refractivity contribution in [1.82, 2.24) is 9.78 Å². The van der Waals surface area contributed by atoms with Crippen LogP contribution in [0.1, 0.15) is 20.2 Å². The van der Waals surface area contributed by atoms with Gasteiger partial charge in [-0.1, -0.05) is 52.3 Å². The van der Waals surface area contributed by atoms with Crippen LogP contribution in [0.2, 0.25) is 0 Å². The summed E-state index contributed by atoms with van der Waals surface area (Å²) >= 11 is 3.18. The number of aromatic nitrogens is 2. The molecule has 1 atom stereocenters. The number of benzene rings is 2. The Bertz CT molecular complexity index is 1110. The first-order valence-corrected chi connectivity index (χ1v) is 9.78. The molecule has 4 rings (SSSR count). The van der Waals surface area contributed by atoms with Crippen molar-refractivity contribution in [2.75, 3.05) is 0 Å². The molecule has 0 saturated carbocycles. The summed E-state index contributed by atoms with van der Waals surface area (Å²) in [5.74, 6) is -1.27. The first kappa shape index (κ1) is 16.0. The summed E-state index contributed by atoms with van der Waals surface area (Å²) < 4.78 is 25.9. The average molecular weight is 419 g/mol. The summed E-state index contributed by atoms with van der Waals surface area (Å²) in [5, 5.41) is 13.7. The van der Waals surface area contributed by atoms with E-state index in [1.165, 1.54) is 10.7 Å². The van der Waals surface area contributed by atoms with Crippen molar-refractivity contribution in [3.63, 3.8) is 0 Å². The Morgan fingerprint density at radius 1 is 1.08 bits per heavy atom. The second kappa shape index (κ2) is 5.53. The van der Waals surface area contributed by atoms with E-state index in [1.54, 1.807) is 42.5 Å². The largest absolute Gasteiger partial charge is 0.476 e. The van der Waals surface area contributed by atoms with Gasteiger partial charge in [-0.15, -0.1) is 0 Å². The van der Waals surface area contributed by atoms with E-state index in [0.29, 0.717) is 16.9 Å². The van der Waals surface area contributed by atoms with Crippen molar-refractivity contribution in [3.05, 3.63) is 65.9 Å². The molecule has 0 aliphatic carbocycles. The molecule has 1 unspecified atom stereocenters. The van der Waals surface area contributed by atoms with Crippen LogP contribution < -0.4 is 0 Å². The zero-order valence-electron chi connectivity index (χ0n) is 12.6. The van der Waals surface area contributed by atoms with Gasteiger partial charge in [-0.05, 0) is 18.2 Å². The van der Waals surface area contributed by atoms with Crippen molar-refractivity contribution >= 4 is 31.7 Å². The Kier molecular flexibility index (Phi) is 3.55. The number of carbonyl (C=O) groups is 1. The molecule has 0 saturated heterocycles. The Balaban J connectivity index is 2.16. The number of fused-ring (bicyclic) bond motifs is 3. The third kappa shape index (κ3) is 2.25. The quantitative estimate of drug-likeness (QED) is 0.643. The van der Waals surface area contributed by atoms with Crippen molar-refractivity contribution in [3.8, 4) is 16.9 Å². The van der Waals surface area contributed by atoms with E-state index in [2.05, 4.69) is 21.0 Å². The lowest BCUT2D eigenvalue weighted by Crippen LogP contribution is -2.17. The van der Waals surface area contributed by atoms with Gasteiger partial charge < -0.3 is 5.11 Å². The average Bonchev–Trinajstić information content (AvgIpc) is 3.02. The molecule has 6 nitrogen and oxygen atoms in total. The van der Waals surface area contributed by atoms with E-state index in [1.807, 2.05) is 6.07 Å². The van der Waals surface area contributed by atoms with Gasteiger partial charge in [0.1, 0.15) is 0 Å². The third-order valence-corrected chi connectivity index (χ3v) is 7.76. The molecule has 1 aromatic heterocycles. The summed E-state index contributed by atoms with van der Waals surface area (Å²) in [6, 6.07) is 15.6. The SMILES string of the molecule is O=C(O)c1nn(-c2ccccc2)c2c1C(Br)S(=O)(=O)c1ccccc1-2. The number of para-hydroxylation sites is 1. The van der Waals surface area contributed by atoms with Gasteiger partial charge in [-0.3, -0.25) is 0 Å². The zero-order chi connectivity index (χ0) is 17.8. The number of alkyl halides is 1. The first-order valence-electron chi connectivity index (χ1n) is 7.32. The molecule has 25 heavy (non-hydrogen) atoms. The van der Waals surface area contributed by atoms with Crippen molar-refractivity contribution < 1.29 is 18.3 Å². The van der Waals surface area contributed by atoms with E-state index in [4.69, 9.17) is 0 Å². The van der Waals surface area contributed by atoms with Gasteiger partial charge in [0.2, 0.25) is 0 Å². The lowest BCUT2D eigenvalue weighted by atomic mass is 10.1. The van der Waals surface area contributed by atoms with Gasteiger partial charge in [0.15, 0.2) is 19.7 Å². The fraction of sp³-hybridized carbons (Fsp3) is 0.0588. The third-order valence-electron chi connectivity index (χ3n) is 4.07. The molecule has 0 radical (unpaired) electrons. The summed E-state index contributed by atoms with van der Waals surface area (Å²) in [6.07, 6.45) is 0. The fourth-order valence-electron chi connectivity index (χ4n) is 3.00. The molecule has 0 fully saturated rings. The molecule has 2 aromatic carbocycles. The summed E-state index contributed by atoms with van der Waals surface area (Å²) in [7, 11) is -3.76. The Labute approximate surface area is 151 Å². The van der Waals surface area contributed by atoms with Gasteiger partial charge in [-0.25, -0.2) is 17.9 Å². The summed E-state index contributed by atoms with van der Waals surface area (Å²) in [4.78, 5) is 11.8. The van der Waals surface area contributed by atoms with Crippen molar-refractivity contribution in [1.29, 1.82) is 0 Å². The minimum Gasteiger partial charge on any atom is -0.476 e. The maximum absolute atomic E-state index is 12.8. The van der Waals surface area contributed by atoms with Crippen LogP contribution in [0.25, 0.3) is 16.9 Å². The Morgan fingerprint density at radius 3 is 2.40 bits per heavy atom. The molecule has 0 bridgehead atoms. The Morgan fingerprint density at radius 2 is 1.72 bits per heavy atom. The monoisotopic (exact) mass is 418 g/mol. The minimum absolute atomic E-state index is 0.148. The number of hydrogen-bond acceptors (Lipinski definition) is 4. The minimum atomic E-state index is -3.76. The molecule has 3 aromatic rings. The van der Waals surface area contributed by atoms with Crippen molar-refractivity contribution in [2.45, 2.75) is 9.05 Å². The van der Waals surface area contributed by atoms with E-state index in [0.717, 1.165) is 0 Å². The maximum Gasteiger partial charge on any atom is 0.356 e. The fourth-order valence-corrected chi connectivity index (χ4v) is 5.53. The highest BCUT2D eigenvalue weighted by atomic mass is 79.9. The smallest absolute Gasteiger partial charge is 0.356 e.